The molecule has 0 unspecified atom stereocenters. The minimum absolute atomic E-state index is 0.113. The van der Waals surface area contributed by atoms with Crippen molar-refractivity contribution in [2.45, 2.75) is 0 Å². The molecular weight excluding hydrogens is 295 g/mol. The normalized spacial score (nSPS) is 17.0. The number of hydrogen-bond donors (Lipinski definition) is 0. The van der Waals surface area contributed by atoms with Crippen LogP contribution in [-0.2, 0) is 9.84 Å². The van der Waals surface area contributed by atoms with E-state index in [2.05, 4.69) is 0 Å². The lowest BCUT2D eigenvalue weighted by Gasteiger charge is -2.34. The summed E-state index contributed by atoms with van der Waals surface area (Å²) < 4.78 is 35.1. The standard InChI is InChI=1S/C14H19FN2O3S/c1-21(19,20)11-10-16-6-8-17(9-7-16)14(18)12-2-4-13(15)5-3-12/h2-5H,6-11H2,1H3. The van der Waals surface area contributed by atoms with Crippen LogP contribution in [0.5, 0.6) is 0 Å². The SMILES string of the molecule is CS(=O)(=O)CCN1CCN(C(=O)c2ccc(F)cc2)CC1. The molecule has 1 aromatic rings. The van der Waals surface area contributed by atoms with E-state index < -0.39 is 9.84 Å². The molecule has 0 aliphatic carbocycles. The van der Waals surface area contributed by atoms with Crippen molar-refractivity contribution in [1.29, 1.82) is 0 Å². The number of hydrogen-bond acceptors (Lipinski definition) is 4. The van der Waals surface area contributed by atoms with Gasteiger partial charge in [-0.25, -0.2) is 12.8 Å². The summed E-state index contributed by atoms with van der Waals surface area (Å²) in [6, 6.07) is 5.51. The maximum Gasteiger partial charge on any atom is 0.253 e. The summed E-state index contributed by atoms with van der Waals surface area (Å²) in [5.41, 5.74) is 0.473. The molecule has 0 bridgehead atoms. The van der Waals surface area contributed by atoms with Crippen LogP contribution in [0.2, 0.25) is 0 Å². The second-order valence-electron chi connectivity index (χ2n) is 5.27. The van der Waals surface area contributed by atoms with E-state index >= 15 is 0 Å². The molecule has 116 valence electrons. The van der Waals surface area contributed by atoms with E-state index in [1.165, 1.54) is 30.5 Å². The summed E-state index contributed by atoms with van der Waals surface area (Å²) in [6.45, 7) is 2.92. The van der Waals surface area contributed by atoms with Gasteiger partial charge in [-0.05, 0) is 24.3 Å². The molecular formula is C14H19FN2O3S. The minimum atomic E-state index is -2.96. The van der Waals surface area contributed by atoms with E-state index in [-0.39, 0.29) is 17.5 Å². The third kappa shape index (κ3) is 4.78. The zero-order valence-corrected chi connectivity index (χ0v) is 12.8. The van der Waals surface area contributed by atoms with E-state index in [1.54, 1.807) is 4.90 Å². The molecule has 7 heteroatoms. The lowest BCUT2D eigenvalue weighted by molar-refractivity contribution is 0.0644. The molecule has 2 rings (SSSR count). The summed E-state index contributed by atoms with van der Waals surface area (Å²) in [4.78, 5) is 16.0. The highest BCUT2D eigenvalue weighted by molar-refractivity contribution is 7.90. The number of carbonyl (C=O) groups is 1. The molecule has 0 radical (unpaired) electrons. The average molecular weight is 314 g/mol. The van der Waals surface area contributed by atoms with Crippen LogP contribution in [0, 0.1) is 5.82 Å². The number of benzene rings is 1. The van der Waals surface area contributed by atoms with Gasteiger partial charge in [0, 0.05) is 44.5 Å². The number of rotatable bonds is 4. The summed E-state index contributed by atoms with van der Waals surface area (Å²) in [7, 11) is -2.96. The van der Waals surface area contributed by atoms with Crippen molar-refractivity contribution in [2.24, 2.45) is 0 Å². The smallest absolute Gasteiger partial charge is 0.253 e. The molecule has 0 N–H and O–H groups in total. The van der Waals surface area contributed by atoms with Gasteiger partial charge >= 0.3 is 0 Å². The first kappa shape index (κ1) is 15.9. The van der Waals surface area contributed by atoms with Crippen molar-refractivity contribution in [1.82, 2.24) is 9.80 Å². The third-order valence-corrected chi connectivity index (χ3v) is 4.45. The number of piperazine rings is 1. The van der Waals surface area contributed by atoms with Gasteiger partial charge < -0.3 is 4.90 Å². The Balaban J connectivity index is 1.86. The molecule has 1 aliphatic heterocycles. The number of carbonyl (C=O) groups excluding carboxylic acids is 1. The van der Waals surface area contributed by atoms with Crippen LogP contribution < -0.4 is 0 Å². The molecule has 1 saturated heterocycles. The van der Waals surface area contributed by atoms with Gasteiger partial charge in [-0.2, -0.15) is 0 Å². The summed E-state index contributed by atoms with van der Waals surface area (Å²) in [5.74, 6) is -0.339. The average Bonchev–Trinajstić information content (AvgIpc) is 2.45. The fourth-order valence-corrected chi connectivity index (χ4v) is 2.83. The molecule has 0 saturated carbocycles. The van der Waals surface area contributed by atoms with E-state index in [1.807, 2.05) is 4.90 Å². The topological polar surface area (TPSA) is 57.7 Å². The van der Waals surface area contributed by atoms with Gasteiger partial charge in [0.05, 0.1) is 5.75 Å². The van der Waals surface area contributed by atoms with Gasteiger partial charge in [0.15, 0.2) is 0 Å². The van der Waals surface area contributed by atoms with Crippen LogP contribution >= 0.6 is 0 Å². The number of sulfone groups is 1. The summed E-state index contributed by atoms with van der Waals surface area (Å²) >= 11 is 0. The predicted molar refractivity (Wildman–Crippen MR) is 78.5 cm³/mol. The molecule has 21 heavy (non-hydrogen) atoms. The largest absolute Gasteiger partial charge is 0.336 e. The summed E-state index contributed by atoms with van der Waals surface area (Å²) in [5, 5.41) is 0. The van der Waals surface area contributed by atoms with Gasteiger partial charge in [-0.1, -0.05) is 0 Å². The van der Waals surface area contributed by atoms with Crippen LogP contribution in [-0.4, -0.2) is 68.9 Å². The lowest BCUT2D eigenvalue weighted by atomic mass is 10.2. The van der Waals surface area contributed by atoms with Gasteiger partial charge in [0.1, 0.15) is 15.7 Å². The Morgan fingerprint density at radius 3 is 2.24 bits per heavy atom. The maximum atomic E-state index is 12.8. The molecule has 0 spiro atoms. The lowest BCUT2D eigenvalue weighted by Crippen LogP contribution is -2.49. The predicted octanol–water partition coefficient (Wildman–Crippen LogP) is 0.628. The number of nitrogens with zero attached hydrogens (tertiary/aromatic N) is 2. The molecule has 1 aliphatic rings. The zero-order chi connectivity index (χ0) is 15.5. The highest BCUT2D eigenvalue weighted by Gasteiger charge is 2.22. The highest BCUT2D eigenvalue weighted by Crippen LogP contribution is 2.10. The Labute approximate surface area is 124 Å². The second-order valence-corrected chi connectivity index (χ2v) is 7.53. The third-order valence-electron chi connectivity index (χ3n) is 3.53. The van der Waals surface area contributed by atoms with Crippen molar-refractivity contribution in [2.75, 3.05) is 44.7 Å². The van der Waals surface area contributed by atoms with Crippen LogP contribution in [0.25, 0.3) is 0 Å². The van der Waals surface area contributed by atoms with Crippen LogP contribution in [0.3, 0.4) is 0 Å². The zero-order valence-electron chi connectivity index (χ0n) is 12.0. The molecule has 1 aromatic carbocycles. The van der Waals surface area contributed by atoms with Crippen LogP contribution in [0.4, 0.5) is 4.39 Å². The molecule has 1 amide bonds. The van der Waals surface area contributed by atoms with Gasteiger partial charge in [0.2, 0.25) is 0 Å². The van der Waals surface area contributed by atoms with E-state index in [9.17, 15) is 17.6 Å². The van der Waals surface area contributed by atoms with E-state index in [4.69, 9.17) is 0 Å². The molecule has 1 fully saturated rings. The van der Waals surface area contributed by atoms with Crippen molar-refractivity contribution in [3.05, 3.63) is 35.6 Å². The van der Waals surface area contributed by atoms with Crippen molar-refractivity contribution < 1.29 is 17.6 Å². The van der Waals surface area contributed by atoms with Crippen molar-refractivity contribution in [3.8, 4) is 0 Å². The van der Waals surface area contributed by atoms with Crippen LogP contribution in [0.15, 0.2) is 24.3 Å². The first-order valence-electron chi connectivity index (χ1n) is 6.80. The molecule has 0 aromatic heterocycles. The monoisotopic (exact) mass is 314 g/mol. The van der Waals surface area contributed by atoms with Gasteiger partial charge in [0.25, 0.3) is 5.91 Å². The van der Waals surface area contributed by atoms with Crippen molar-refractivity contribution >= 4 is 15.7 Å². The van der Waals surface area contributed by atoms with Crippen molar-refractivity contribution in [3.63, 3.8) is 0 Å². The quantitative estimate of drug-likeness (QED) is 0.818. The fraction of sp³-hybridized carbons (Fsp3) is 0.500. The minimum Gasteiger partial charge on any atom is -0.336 e. The van der Waals surface area contributed by atoms with Crippen LogP contribution in [0.1, 0.15) is 10.4 Å². The number of amides is 1. The Morgan fingerprint density at radius 1 is 1.14 bits per heavy atom. The highest BCUT2D eigenvalue weighted by atomic mass is 32.2. The fourth-order valence-electron chi connectivity index (χ4n) is 2.24. The molecule has 0 atom stereocenters. The van der Waals surface area contributed by atoms with Gasteiger partial charge in [-0.3, -0.25) is 9.69 Å². The van der Waals surface area contributed by atoms with E-state index in [0.717, 1.165) is 0 Å². The Kier molecular flexibility index (Phi) is 4.95. The molecule has 5 nitrogen and oxygen atoms in total. The summed E-state index contributed by atoms with van der Waals surface area (Å²) in [6.07, 6.45) is 1.22. The molecule has 1 heterocycles. The Hall–Kier alpha value is -1.47. The second kappa shape index (κ2) is 6.53. The first-order valence-corrected chi connectivity index (χ1v) is 8.86. The van der Waals surface area contributed by atoms with Gasteiger partial charge in [-0.15, -0.1) is 0 Å². The maximum absolute atomic E-state index is 12.8. The first-order chi connectivity index (χ1) is 9.85. The van der Waals surface area contributed by atoms with E-state index in [0.29, 0.717) is 38.3 Å². The number of halogens is 1. The Morgan fingerprint density at radius 2 is 1.71 bits per heavy atom. The Bertz CT molecular complexity index is 593.